The predicted molar refractivity (Wildman–Crippen MR) is 66.5 cm³/mol. The van der Waals surface area contributed by atoms with Crippen LogP contribution in [-0.2, 0) is 19.3 Å². The SMILES string of the molecule is C[C@@H]1CC[C@H]2[C@@H](C)NO[C@@H]3O[C@@]4(C)CC[C@@H]1[C@]32OO4. The van der Waals surface area contributed by atoms with Crippen LogP contribution in [0.15, 0.2) is 0 Å². The Kier molecular flexibility index (Phi) is 2.59. The van der Waals surface area contributed by atoms with Crippen LogP contribution in [0.1, 0.15) is 46.5 Å². The standard InChI is InChI=1S/C14H23NO4/c1-8-4-5-11-9(2)15-17-12-14(11)10(8)6-7-13(3,16-12)18-19-14/h8-12,15H,4-7H2,1-3H3/t8-,9-,10+,11+,12+,13-,14-/m1/s1. The van der Waals surface area contributed by atoms with Gasteiger partial charge in [0.1, 0.15) is 0 Å². The van der Waals surface area contributed by atoms with Crippen molar-refractivity contribution in [1.29, 1.82) is 0 Å². The third-order valence-electron chi connectivity index (χ3n) is 5.74. The monoisotopic (exact) mass is 269 g/mol. The zero-order chi connectivity index (χ0) is 13.3. The topological polar surface area (TPSA) is 49.0 Å². The molecule has 0 unspecified atom stereocenters. The van der Waals surface area contributed by atoms with E-state index in [1.54, 1.807) is 0 Å². The van der Waals surface area contributed by atoms with Gasteiger partial charge in [-0.2, -0.15) is 5.48 Å². The molecule has 7 atom stereocenters. The van der Waals surface area contributed by atoms with Crippen molar-refractivity contribution in [2.45, 2.75) is 70.2 Å². The summed E-state index contributed by atoms with van der Waals surface area (Å²) in [6.45, 7) is 6.42. The van der Waals surface area contributed by atoms with Crippen molar-refractivity contribution in [1.82, 2.24) is 5.48 Å². The Morgan fingerprint density at radius 1 is 1.05 bits per heavy atom. The normalized spacial score (nSPS) is 60.5. The summed E-state index contributed by atoms with van der Waals surface area (Å²) >= 11 is 0. The predicted octanol–water partition coefficient (Wildman–Crippen LogP) is 2.13. The number of rotatable bonds is 0. The van der Waals surface area contributed by atoms with Gasteiger partial charge in [-0.1, -0.05) is 6.92 Å². The molecule has 108 valence electrons. The molecule has 0 amide bonds. The summed E-state index contributed by atoms with van der Waals surface area (Å²) in [7, 11) is 0. The van der Waals surface area contributed by atoms with Crippen LogP contribution < -0.4 is 5.48 Å². The first-order chi connectivity index (χ1) is 9.05. The molecule has 5 rings (SSSR count). The highest BCUT2D eigenvalue weighted by molar-refractivity contribution is 5.08. The van der Waals surface area contributed by atoms with Crippen LogP contribution in [0, 0.1) is 17.8 Å². The van der Waals surface area contributed by atoms with E-state index in [4.69, 9.17) is 19.3 Å². The van der Waals surface area contributed by atoms with Crippen LogP contribution in [-0.4, -0.2) is 23.7 Å². The minimum atomic E-state index is -0.667. The Bertz CT molecular complexity index is 392. The molecule has 0 aromatic carbocycles. The first-order valence-corrected chi connectivity index (χ1v) is 7.51. The van der Waals surface area contributed by atoms with Gasteiger partial charge in [0.25, 0.3) is 0 Å². The van der Waals surface area contributed by atoms with Gasteiger partial charge in [-0.3, -0.25) is 4.84 Å². The van der Waals surface area contributed by atoms with Crippen molar-refractivity contribution in [3.8, 4) is 0 Å². The highest BCUT2D eigenvalue weighted by Crippen LogP contribution is 2.57. The molecule has 0 radical (unpaired) electrons. The highest BCUT2D eigenvalue weighted by atomic mass is 17.3. The minimum Gasteiger partial charge on any atom is -0.313 e. The Morgan fingerprint density at radius 2 is 1.89 bits per heavy atom. The lowest BCUT2D eigenvalue weighted by molar-refractivity contribution is -0.570. The Morgan fingerprint density at radius 3 is 2.74 bits per heavy atom. The van der Waals surface area contributed by atoms with Gasteiger partial charge < -0.3 is 4.74 Å². The summed E-state index contributed by atoms with van der Waals surface area (Å²) < 4.78 is 6.09. The van der Waals surface area contributed by atoms with Crippen molar-refractivity contribution in [3.63, 3.8) is 0 Å². The van der Waals surface area contributed by atoms with Crippen LogP contribution >= 0.6 is 0 Å². The lowest BCUT2D eigenvalue weighted by Gasteiger charge is -2.58. The molecule has 2 bridgehead atoms. The molecule has 1 aliphatic carbocycles. The van der Waals surface area contributed by atoms with Crippen LogP contribution in [0.2, 0.25) is 0 Å². The fraction of sp³-hybridized carbons (Fsp3) is 1.00. The summed E-state index contributed by atoms with van der Waals surface area (Å²) in [4.78, 5) is 17.4. The van der Waals surface area contributed by atoms with Crippen molar-refractivity contribution in [3.05, 3.63) is 0 Å². The Labute approximate surface area is 113 Å². The molecule has 19 heavy (non-hydrogen) atoms. The van der Waals surface area contributed by atoms with Crippen molar-refractivity contribution < 1.29 is 19.3 Å². The summed E-state index contributed by atoms with van der Waals surface area (Å²) in [6, 6.07) is 0.265. The van der Waals surface area contributed by atoms with Crippen molar-refractivity contribution in [2.75, 3.05) is 0 Å². The summed E-state index contributed by atoms with van der Waals surface area (Å²) in [5.74, 6) is 0.792. The first-order valence-electron chi connectivity index (χ1n) is 7.51. The number of nitrogens with one attached hydrogen (secondary N) is 1. The van der Waals surface area contributed by atoms with E-state index in [9.17, 15) is 0 Å². The zero-order valence-corrected chi connectivity index (χ0v) is 11.8. The van der Waals surface area contributed by atoms with E-state index in [0.717, 1.165) is 19.3 Å². The van der Waals surface area contributed by atoms with Crippen LogP contribution in [0.3, 0.4) is 0 Å². The lowest BCUT2D eigenvalue weighted by Crippen LogP contribution is -2.72. The molecular weight excluding hydrogens is 246 g/mol. The summed E-state index contributed by atoms with van der Waals surface area (Å²) in [5, 5.41) is 0. The molecule has 5 heteroatoms. The van der Waals surface area contributed by atoms with Crippen molar-refractivity contribution >= 4 is 0 Å². The van der Waals surface area contributed by atoms with Gasteiger partial charge in [0, 0.05) is 18.4 Å². The summed E-state index contributed by atoms with van der Waals surface area (Å²) in [6.07, 6.45) is 3.97. The fourth-order valence-electron chi connectivity index (χ4n) is 4.64. The van der Waals surface area contributed by atoms with Gasteiger partial charge in [0.05, 0.1) is 0 Å². The molecule has 1 N–H and O–H groups in total. The van der Waals surface area contributed by atoms with E-state index >= 15 is 0 Å². The first kappa shape index (κ1) is 12.5. The molecule has 1 spiro atoms. The third kappa shape index (κ3) is 1.54. The number of hydrogen-bond donors (Lipinski definition) is 1. The van der Waals surface area contributed by atoms with E-state index in [0.29, 0.717) is 17.8 Å². The van der Waals surface area contributed by atoms with E-state index in [-0.39, 0.29) is 12.3 Å². The van der Waals surface area contributed by atoms with E-state index in [2.05, 4.69) is 19.3 Å². The third-order valence-corrected chi connectivity index (χ3v) is 5.74. The van der Waals surface area contributed by atoms with Gasteiger partial charge in [-0.25, -0.2) is 9.78 Å². The molecule has 4 aliphatic heterocycles. The van der Waals surface area contributed by atoms with E-state index in [1.165, 1.54) is 6.42 Å². The van der Waals surface area contributed by atoms with E-state index in [1.807, 2.05) is 6.92 Å². The minimum absolute atomic E-state index is 0.265. The molecular formula is C14H23NO4. The lowest BCUT2D eigenvalue weighted by atomic mass is 9.60. The number of ether oxygens (including phenoxy) is 1. The number of hydrogen-bond acceptors (Lipinski definition) is 5. The van der Waals surface area contributed by atoms with Gasteiger partial charge in [-0.15, -0.1) is 0 Å². The maximum atomic E-state index is 6.09. The maximum absolute atomic E-state index is 6.09. The Hall–Kier alpha value is -0.200. The number of fused-ring (bicyclic) bond motifs is 2. The molecule has 4 heterocycles. The average molecular weight is 269 g/mol. The molecule has 5 aliphatic rings. The van der Waals surface area contributed by atoms with E-state index < -0.39 is 11.4 Å². The van der Waals surface area contributed by atoms with Crippen LogP contribution in [0.5, 0.6) is 0 Å². The van der Waals surface area contributed by atoms with Gasteiger partial charge in [0.15, 0.2) is 5.60 Å². The molecule has 0 aromatic heterocycles. The fourth-order valence-corrected chi connectivity index (χ4v) is 4.64. The van der Waals surface area contributed by atoms with Gasteiger partial charge in [-0.05, 0) is 44.9 Å². The zero-order valence-electron chi connectivity index (χ0n) is 11.8. The summed E-state index contributed by atoms with van der Waals surface area (Å²) in [5.41, 5.74) is 2.68. The van der Waals surface area contributed by atoms with Crippen LogP contribution in [0.25, 0.3) is 0 Å². The highest BCUT2D eigenvalue weighted by Gasteiger charge is 2.68. The molecule has 0 aromatic rings. The quantitative estimate of drug-likeness (QED) is 0.683. The smallest absolute Gasteiger partial charge is 0.213 e. The van der Waals surface area contributed by atoms with Crippen molar-refractivity contribution in [2.24, 2.45) is 17.8 Å². The maximum Gasteiger partial charge on any atom is 0.213 e. The van der Waals surface area contributed by atoms with Crippen LogP contribution in [0.4, 0.5) is 0 Å². The Balaban J connectivity index is 1.81. The molecule has 4 saturated heterocycles. The second-order valence-electron chi connectivity index (χ2n) is 6.93. The largest absolute Gasteiger partial charge is 0.313 e. The number of hydroxylamine groups is 1. The van der Waals surface area contributed by atoms with Gasteiger partial charge in [0.2, 0.25) is 12.1 Å². The van der Waals surface area contributed by atoms with Gasteiger partial charge >= 0.3 is 0 Å². The molecule has 5 fully saturated rings. The molecule has 5 nitrogen and oxygen atoms in total. The molecule has 1 saturated carbocycles. The average Bonchev–Trinajstić information content (AvgIpc) is 2.61. The second kappa shape index (κ2) is 3.92. The second-order valence-corrected chi connectivity index (χ2v) is 6.93.